The summed E-state index contributed by atoms with van der Waals surface area (Å²) in [5.74, 6) is 0. The Morgan fingerprint density at radius 2 is 2.44 bits per heavy atom. The minimum atomic E-state index is 0.181. The van der Waals surface area contributed by atoms with Gasteiger partial charge in [-0.1, -0.05) is 6.58 Å². The number of hydrogen-bond acceptors (Lipinski definition) is 3. The first-order chi connectivity index (χ1) is 4.35. The molecule has 0 aromatic heterocycles. The molecule has 0 bridgehead atoms. The maximum Gasteiger partial charge on any atom is 0.139 e. The van der Waals surface area contributed by atoms with E-state index in [9.17, 15) is 0 Å². The molecule has 0 unspecified atom stereocenters. The van der Waals surface area contributed by atoms with Gasteiger partial charge in [0.2, 0.25) is 0 Å². The van der Waals surface area contributed by atoms with E-state index in [4.69, 9.17) is 10.4 Å². The van der Waals surface area contributed by atoms with Gasteiger partial charge in [-0.3, -0.25) is 0 Å². The van der Waals surface area contributed by atoms with Crippen LogP contribution in [0.15, 0.2) is 30.1 Å². The minimum absolute atomic E-state index is 0.181. The lowest BCUT2D eigenvalue weighted by Gasteiger charge is -1.77. The van der Waals surface area contributed by atoms with Crippen molar-refractivity contribution >= 4 is 5.71 Å². The van der Waals surface area contributed by atoms with Crippen molar-refractivity contribution in [2.24, 2.45) is 4.99 Å². The summed E-state index contributed by atoms with van der Waals surface area (Å²) in [7, 11) is 0. The first-order valence-corrected chi connectivity index (χ1v) is 2.24. The first kappa shape index (κ1) is 7.44. The van der Waals surface area contributed by atoms with Gasteiger partial charge >= 0.3 is 0 Å². The van der Waals surface area contributed by atoms with Gasteiger partial charge in [0, 0.05) is 0 Å². The quantitative estimate of drug-likeness (QED) is 0.441. The summed E-state index contributed by atoms with van der Waals surface area (Å²) in [4.78, 5) is 3.49. The molecule has 0 atom stereocenters. The van der Waals surface area contributed by atoms with Gasteiger partial charge in [0.1, 0.15) is 11.8 Å². The van der Waals surface area contributed by atoms with Gasteiger partial charge < -0.3 is 5.11 Å². The predicted octanol–water partition coefficient (Wildman–Crippen LogP) is 1.17. The van der Waals surface area contributed by atoms with Gasteiger partial charge in [0.05, 0.1) is 12.5 Å². The van der Waals surface area contributed by atoms with E-state index in [2.05, 4.69) is 11.6 Å². The molecule has 0 saturated heterocycles. The summed E-state index contributed by atoms with van der Waals surface area (Å²) in [5.41, 5.74) is 0.181. The first-order valence-electron chi connectivity index (χ1n) is 2.24. The van der Waals surface area contributed by atoms with Crippen molar-refractivity contribution in [1.29, 1.82) is 5.26 Å². The Labute approximate surface area is 53.3 Å². The maximum atomic E-state index is 8.19. The highest BCUT2D eigenvalue weighted by molar-refractivity contribution is 6.07. The molecule has 1 N–H and O–H groups in total. The summed E-state index contributed by atoms with van der Waals surface area (Å²) in [6, 6.07) is 1.76. The van der Waals surface area contributed by atoms with Crippen LogP contribution in [0.5, 0.6) is 0 Å². The third-order valence-corrected chi connectivity index (χ3v) is 0.588. The maximum absolute atomic E-state index is 8.19. The van der Waals surface area contributed by atoms with Crippen LogP contribution in [0.3, 0.4) is 0 Å². The van der Waals surface area contributed by atoms with Gasteiger partial charge in [-0.2, -0.15) is 5.26 Å². The second-order valence-electron chi connectivity index (χ2n) is 1.13. The van der Waals surface area contributed by atoms with E-state index in [-0.39, 0.29) is 5.71 Å². The zero-order valence-corrected chi connectivity index (χ0v) is 4.78. The molecule has 0 saturated carbocycles. The van der Waals surface area contributed by atoms with E-state index in [1.54, 1.807) is 6.07 Å². The van der Waals surface area contributed by atoms with Crippen molar-refractivity contribution in [3.8, 4) is 6.07 Å². The van der Waals surface area contributed by atoms with Crippen LogP contribution < -0.4 is 0 Å². The summed E-state index contributed by atoms with van der Waals surface area (Å²) in [6.07, 6.45) is 3.17. The van der Waals surface area contributed by atoms with Crippen LogP contribution in [0.4, 0.5) is 0 Å². The number of hydrogen-bond donors (Lipinski definition) is 1. The fraction of sp³-hybridized carbons (Fsp3) is 0. The number of aliphatic imine (C=N–C) groups is 1. The van der Waals surface area contributed by atoms with Crippen LogP contribution in [0.25, 0.3) is 0 Å². The largest absolute Gasteiger partial charge is 0.514 e. The highest BCUT2D eigenvalue weighted by Gasteiger charge is 1.81. The fourth-order valence-corrected chi connectivity index (χ4v) is 0.241. The fourth-order valence-electron chi connectivity index (χ4n) is 0.241. The SMILES string of the molecule is C=CC(C#N)=N/C=C/O. The number of aliphatic hydroxyl groups is 1. The van der Waals surface area contributed by atoms with Gasteiger partial charge in [-0.15, -0.1) is 0 Å². The zero-order chi connectivity index (χ0) is 7.11. The van der Waals surface area contributed by atoms with Gasteiger partial charge in [0.25, 0.3) is 0 Å². The summed E-state index contributed by atoms with van der Waals surface area (Å²) in [5, 5.41) is 16.3. The smallest absolute Gasteiger partial charge is 0.139 e. The highest BCUT2D eigenvalue weighted by atomic mass is 16.2. The van der Waals surface area contributed by atoms with Crippen molar-refractivity contribution in [2.75, 3.05) is 0 Å². The molecule has 3 nitrogen and oxygen atoms in total. The molecule has 0 aliphatic heterocycles. The van der Waals surface area contributed by atoms with Gasteiger partial charge in [0.15, 0.2) is 0 Å². The van der Waals surface area contributed by atoms with Gasteiger partial charge in [-0.25, -0.2) is 4.99 Å². The van der Waals surface area contributed by atoms with Crippen molar-refractivity contribution < 1.29 is 5.11 Å². The van der Waals surface area contributed by atoms with Gasteiger partial charge in [-0.05, 0) is 6.08 Å². The predicted molar refractivity (Wildman–Crippen MR) is 35.0 cm³/mol. The summed E-state index contributed by atoms with van der Waals surface area (Å²) < 4.78 is 0. The Hall–Kier alpha value is -1.56. The molecule has 0 amide bonds. The number of nitriles is 1. The Kier molecular flexibility index (Phi) is 3.80. The third-order valence-electron chi connectivity index (χ3n) is 0.588. The second kappa shape index (κ2) is 4.60. The molecule has 46 valence electrons. The molecule has 0 aromatic rings. The molecular weight excluding hydrogens is 116 g/mol. The van der Waals surface area contributed by atoms with Crippen molar-refractivity contribution in [2.45, 2.75) is 0 Å². The Balaban J connectivity index is 4.12. The zero-order valence-electron chi connectivity index (χ0n) is 4.78. The molecule has 0 aromatic carbocycles. The molecule has 9 heavy (non-hydrogen) atoms. The molecule has 0 radical (unpaired) electrons. The second-order valence-corrected chi connectivity index (χ2v) is 1.13. The van der Waals surface area contributed by atoms with Crippen LogP contribution >= 0.6 is 0 Å². The van der Waals surface area contributed by atoms with E-state index in [1.807, 2.05) is 0 Å². The lowest BCUT2D eigenvalue weighted by atomic mass is 10.4. The lowest BCUT2D eigenvalue weighted by molar-refractivity contribution is 0.472. The molecule has 3 heteroatoms. The monoisotopic (exact) mass is 122 g/mol. The average Bonchev–Trinajstić information content (AvgIpc) is 1.91. The average molecular weight is 122 g/mol. The number of nitrogens with zero attached hydrogens (tertiary/aromatic N) is 2. The van der Waals surface area contributed by atoms with Crippen LogP contribution in [-0.4, -0.2) is 10.8 Å². The number of aliphatic hydroxyl groups excluding tert-OH is 1. The Bertz CT molecular complexity index is 186. The van der Waals surface area contributed by atoms with E-state index in [0.717, 1.165) is 12.5 Å². The molecule has 0 heterocycles. The van der Waals surface area contributed by atoms with Crippen molar-refractivity contribution in [3.63, 3.8) is 0 Å². The highest BCUT2D eigenvalue weighted by Crippen LogP contribution is 1.78. The minimum Gasteiger partial charge on any atom is -0.514 e. The topological polar surface area (TPSA) is 56.4 Å². The summed E-state index contributed by atoms with van der Waals surface area (Å²) >= 11 is 0. The molecule has 0 fully saturated rings. The van der Waals surface area contributed by atoms with Crippen LogP contribution in [0.1, 0.15) is 0 Å². The molecular formula is C6H6N2O. The van der Waals surface area contributed by atoms with E-state index < -0.39 is 0 Å². The number of rotatable bonds is 2. The van der Waals surface area contributed by atoms with Crippen LogP contribution in [0, 0.1) is 11.3 Å². The molecule has 0 aliphatic rings. The Morgan fingerprint density at radius 1 is 1.78 bits per heavy atom. The van der Waals surface area contributed by atoms with E-state index in [1.165, 1.54) is 6.08 Å². The van der Waals surface area contributed by atoms with Crippen LogP contribution in [0.2, 0.25) is 0 Å². The van der Waals surface area contributed by atoms with E-state index >= 15 is 0 Å². The number of allylic oxidation sites excluding steroid dienone is 1. The normalized spacial score (nSPS) is 11.2. The van der Waals surface area contributed by atoms with Crippen molar-refractivity contribution in [3.05, 3.63) is 25.1 Å². The van der Waals surface area contributed by atoms with E-state index in [0.29, 0.717) is 0 Å². The summed E-state index contributed by atoms with van der Waals surface area (Å²) in [6.45, 7) is 3.32. The van der Waals surface area contributed by atoms with Crippen LogP contribution in [-0.2, 0) is 0 Å². The van der Waals surface area contributed by atoms with Crippen molar-refractivity contribution in [1.82, 2.24) is 0 Å². The third kappa shape index (κ3) is 3.06. The molecule has 0 aliphatic carbocycles. The lowest BCUT2D eigenvalue weighted by Crippen LogP contribution is -1.82. The Morgan fingerprint density at radius 3 is 2.78 bits per heavy atom. The molecule has 0 spiro atoms. The standard InChI is InChI=1S/C6H6N2O/c1-2-6(5-7)8-3-4-9/h2-4,9H,1H2/b4-3+,8-6?. The molecule has 0 rings (SSSR count).